The van der Waals surface area contributed by atoms with E-state index in [1.807, 2.05) is 30.3 Å². The first kappa shape index (κ1) is 18.0. The SMILES string of the molecule is COc1cn(-c2ccccc2)nc1C(=O)NCC1(C(=O)O)CCCCC1. The summed E-state index contributed by atoms with van der Waals surface area (Å²) >= 11 is 0. The minimum atomic E-state index is -0.886. The van der Waals surface area contributed by atoms with Crippen LogP contribution in [-0.4, -0.2) is 40.4 Å². The van der Waals surface area contributed by atoms with Crippen molar-refractivity contribution in [3.05, 3.63) is 42.2 Å². The van der Waals surface area contributed by atoms with Crippen LogP contribution in [0.3, 0.4) is 0 Å². The third kappa shape index (κ3) is 3.56. The molecule has 0 spiro atoms. The Hall–Kier alpha value is -2.83. The van der Waals surface area contributed by atoms with Gasteiger partial charge in [-0.1, -0.05) is 37.5 Å². The van der Waals surface area contributed by atoms with Crippen molar-refractivity contribution in [2.24, 2.45) is 5.41 Å². The Morgan fingerprint density at radius 1 is 1.23 bits per heavy atom. The highest BCUT2D eigenvalue weighted by Crippen LogP contribution is 2.36. The molecule has 26 heavy (non-hydrogen) atoms. The number of carboxylic acids is 1. The van der Waals surface area contributed by atoms with Crippen LogP contribution < -0.4 is 10.1 Å². The second-order valence-electron chi connectivity index (χ2n) is 6.66. The molecule has 1 aromatic heterocycles. The highest BCUT2D eigenvalue weighted by Gasteiger charge is 2.40. The number of aromatic nitrogens is 2. The molecule has 138 valence electrons. The fraction of sp³-hybridized carbons (Fsp3) is 0.421. The number of hydrogen-bond donors (Lipinski definition) is 2. The molecule has 0 aliphatic heterocycles. The standard InChI is InChI=1S/C19H23N3O4/c1-26-15-12-22(14-8-4-2-5-9-14)21-16(15)17(23)20-13-19(18(24)25)10-6-3-7-11-19/h2,4-5,8-9,12H,3,6-7,10-11,13H2,1H3,(H,20,23)(H,24,25). The average Bonchev–Trinajstić information content (AvgIpc) is 3.12. The van der Waals surface area contributed by atoms with Gasteiger partial charge in [-0.3, -0.25) is 9.59 Å². The van der Waals surface area contributed by atoms with Crippen molar-refractivity contribution in [1.82, 2.24) is 15.1 Å². The Kier molecular flexibility index (Phi) is 5.25. The van der Waals surface area contributed by atoms with Crippen LogP contribution in [0.4, 0.5) is 0 Å². The molecule has 1 aromatic carbocycles. The summed E-state index contributed by atoms with van der Waals surface area (Å²) in [4.78, 5) is 24.4. The summed E-state index contributed by atoms with van der Waals surface area (Å²) in [6.45, 7) is 0.0997. The van der Waals surface area contributed by atoms with Gasteiger partial charge in [0.1, 0.15) is 0 Å². The summed E-state index contributed by atoms with van der Waals surface area (Å²) < 4.78 is 6.84. The minimum absolute atomic E-state index is 0.0997. The lowest BCUT2D eigenvalue weighted by Gasteiger charge is -2.33. The van der Waals surface area contributed by atoms with Crippen molar-refractivity contribution in [2.75, 3.05) is 13.7 Å². The number of carboxylic acid groups (broad SMARTS) is 1. The van der Waals surface area contributed by atoms with Crippen LogP contribution in [0, 0.1) is 5.41 Å². The van der Waals surface area contributed by atoms with Gasteiger partial charge in [-0.2, -0.15) is 5.10 Å². The first-order valence-electron chi connectivity index (χ1n) is 8.76. The van der Waals surface area contributed by atoms with Crippen molar-refractivity contribution in [1.29, 1.82) is 0 Å². The van der Waals surface area contributed by atoms with E-state index in [0.29, 0.717) is 18.6 Å². The van der Waals surface area contributed by atoms with E-state index in [9.17, 15) is 14.7 Å². The fourth-order valence-electron chi connectivity index (χ4n) is 3.41. The van der Waals surface area contributed by atoms with Crippen LogP contribution in [0.1, 0.15) is 42.6 Å². The fourth-order valence-corrected chi connectivity index (χ4v) is 3.41. The molecule has 0 radical (unpaired) electrons. The van der Waals surface area contributed by atoms with E-state index in [2.05, 4.69) is 10.4 Å². The number of methoxy groups -OCH3 is 1. The molecule has 1 amide bonds. The number of aliphatic carboxylic acids is 1. The van der Waals surface area contributed by atoms with E-state index in [0.717, 1.165) is 24.9 Å². The highest BCUT2D eigenvalue weighted by atomic mass is 16.5. The van der Waals surface area contributed by atoms with Crippen LogP contribution in [0.2, 0.25) is 0 Å². The predicted octanol–water partition coefficient (Wildman–Crippen LogP) is 2.65. The number of nitrogens with zero attached hydrogens (tertiary/aromatic N) is 2. The first-order valence-corrected chi connectivity index (χ1v) is 8.76. The van der Waals surface area contributed by atoms with Gasteiger partial charge >= 0.3 is 5.97 Å². The third-order valence-corrected chi connectivity index (χ3v) is 4.99. The smallest absolute Gasteiger partial charge is 0.311 e. The van der Waals surface area contributed by atoms with Crippen LogP contribution in [0.25, 0.3) is 5.69 Å². The molecule has 0 unspecified atom stereocenters. The number of carbonyl (C=O) groups is 2. The zero-order valence-corrected chi connectivity index (χ0v) is 14.8. The molecular formula is C19H23N3O4. The lowest BCUT2D eigenvalue weighted by molar-refractivity contribution is -0.150. The molecule has 0 atom stereocenters. The van der Waals surface area contributed by atoms with E-state index in [-0.39, 0.29) is 12.2 Å². The number of nitrogens with one attached hydrogen (secondary N) is 1. The number of rotatable bonds is 6. The molecule has 1 aliphatic carbocycles. The number of ether oxygens (including phenoxy) is 1. The van der Waals surface area contributed by atoms with Crippen LogP contribution in [0.15, 0.2) is 36.5 Å². The van der Waals surface area contributed by atoms with E-state index >= 15 is 0 Å². The molecule has 3 rings (SSSR count). The molecule has 0 saturated heterocycles. The summed E-state index contributed by atoms with van der Waals surface area (Å²) in [6, 6.07) is 9.39. The van der Waals surface area contributed by atoms with Crippen LogP contribution in [0.5, 0.6) is 5.75 Å². The Bertz CT molecular complexity index is 779. The maximum atomic E-state index is 12.6. The van der Waals surface area contributed by atoms with Gasteiger partial charge in [0.25, 0.3) is 5.91 Å². The molecule has 7 nitrogen and oxygen atoms in total. The number of carbonyl (C=O) groups excluding carboxylic acids is 1. The number of para-hydroxylation sites is 1. The second-order valence-corrected chi connectivity index (χ2v) is 6.66. The Morgan fingerprint density at radius 2 is 1.92 bits per heavy atom. The van der Waals surface area contributed by atoms with E-state index in [4.69, 9.17) is 4.74 Å². The Morgan fingerprint density at radius 3 is 2.54 bits per heavy atom. The molecule has 1 aliphatic rings. The van der Waals surface area contributed by atoms with Crippen molar-refractivity contribution in [3.8, 4) is 11.4 Å². The molecular weight excluding hydrogens is 334 g/mol. The maximum Gasteiger partial charge on any atom is 0.311 e. The molecule has 7 heteroatoms. The van der Waals surface area contributed by atoms with Gasteiger partial charge in [0.2, 0.25) is 0 Å². The first-order chi connectivity index (χ1) is 12.6. The highest BCUT2D eigenvalue weighted by molar-refractivity contribution is 5.95. The van der Waals surface area contributed by atoms with Crippen LogP contribution >= 0.6 is 0 Å². The molecule has 0 bridgehead atoms. The molecule has 1 heterocycles. The summed E-state index contributed by atoms with van der Waals surface area (Å²) in [7, 11) is 1.48. The third-order valence-electron chi connectivity index (χ3n) is 4.99. The summed E-state index contributed by atoms with van der Waals surface area (Å²) in [5.41, 5.74) is 0.0650. The van der Waals surface area contributed by atoms with Crippen molar-refractivity contribution >= 4 is 11.9 Å². The molecule has 1 fully saturated rings. The van der Waals surface area contributed by atoms with Crippen molar-refractivity contribution in [2.45, 2.75) is 32.1 Å². The zero-order valence-electron chi connectivity index (χ0n) is 14.8. The van der Waals surface area contributed by atoms with Gasteiger partial charge in [-0.25, -0.2) is 4.68 Å². The number of benzene rings is 1. The largest absolute Gasteiger partial charge is 0.493 e. The minimum Gasteiger partial charge on any atom is -0.493 e. The lowest BCUT2D eigenvalue weighted by atomic mass is 9.74. The Labute approximate surface area is 152 Å². The summed E-state index contributed by atoms with van der Waals surface area (Å²) in [5, 5.41) is 16.7. The Balaban J connectivity index is 1.77. The van der Waals surface area contributed by atoms with Crippen molar-refractivity contribution in [3.63, 3.8) is 0 Å². The topological polar surface area (TPSA) is 93.5 Å². The van der Waals surface area contributed by atoms with E-state index < -0.39 is 17.3 Å². The number of hydrogen-bond acceptors (Lipinski definition) is 4. The molecule has 2 N–H and O–H groups in total. The van der Waals surface area contributed by atoms with E-state index in [1.165, 1.54) is 7.11 Å². The number of amides is 1. The van der Waals surface area contributed by atoms with Crippen molar-refractivity contribution < 1.29 is 19.4 Å². The monoisotopic (exact) mass is 357 g/mol. The molecule has 1 saturated carbocycles. The average molecular weight is 357 g/mol. The van der Waals surface area contributed by atoms with Gasteiger partial charge in [0.15, 0.2) is 11.4 Å². The van der Waals surface area contributed by atoms with E-state index in [1.54, 1.807) is 10.9 Å². The van der Waals surface area contributed by atoms with Gasteiger partial charge in [-0.05, 0) is 25.0 Å². The van der Waals surface area contributed by atoms with Gasteiger partial charge < -0.3 is 15.2 Å². The quantitative estimate of drug-likeness (QED) is 0.829. The molecule has 2 aromatic rings. The summed E-state index contributed by atoms with van der Waals surface area (Å²) in [6.07, 6.45) is 5.58. The second kappa shape index (κ2) is 7.59. The lowest BCUT2D eigenvalue weighted by Crippen LogP contribution is -2.44. The zero-order chi connectivity index (χ0) is 18.6. The maximum absolute atomic E-state index is 12.6. The predicted molar refractivity (Wildman–Crippen MR) is 95.6 cm³/mol. The van der Waals surface area contributed by atoms with Crippen LogP contribution in [-0.2, 0) is 4.79 Å². The normalized spacial score (nSPS) is 16.0. The van der Waals surface area contributed by atoms with Gasteiger partial charge in [0.05, 0.1) is 24.4 Å². The van der Waals surface area contributed by atoms with Gasteiger partial charge in [-0.15, -0.1) is 0 Å². The van der Waals surface area contributed by atoms with Gasteiger partial charge in [0, 0.05) is 6.54 Å². The summed E-state index contributed by atoms with van der Waals surface area (Å²) in [5.74, 6) is -0.929.